The summed E-state index contributed by atoms with van der Waals surface area (Å²) in [6, 6.07) is 14.1. The Kier molecular flexibility index (Phi) is 7.22. The number of piperidine rings is 1. The third-order valence-corrected chi connectivity index (χ3v) is 8.20. The van der Waals surface area contributed by atoms with Crippen LogP contribution in [0.2, 0.25) is 5.02 Å². The molecule has 0 radical (unpaired) electrons. The summed E-state index contributed by atoms with van der Waals surface area (Å²) in [6.45, 7) is 4.48. The highest BCUT2D eigenvalue weighted by atomic mass is 35.5. The van der Waals surface area contributed by atoms with Crippen molar-refractivity contribution in [2.24, 2.45) is 5.92 Å². The number of likely N-dealkylation sites (tertiary alicyclic amines) is 1. The number of halogens is 1. The number of amides is 1. The van der Waals surface area contributed by atoms with Crippen molar-refractivity contribution >= 4 is 17.5 Å². The second kappa shape index (κ2) is 10.5. The van der Waals surface area contributed by atoms with E-state index in [9.17, 15) is 4.79 Å². The van der Waals surface area contributed by atoms with Crippen molar-refractivity contribution in [3.63, 3.8) is 0 Å². The van der Waals surface area contributed by atoms with E-state index in [1.807, 2.05) is 0 Å². The number of ether oxygens (including phenoxy) is 1. The summed E-state index contributed by atoms with van der Waals surface area (Å²) >= 11 is 5.93. The van der Waals surface area contributed by atoms with Crippen LogP contribution in [0.4, 0.5) is 0 Å². The van der Waals surface area contributed by atoms with E-state index in [2.05, 4.69) is 28.4 Å². The molecule has 1 N–H and O–H groups in total. The van der Waals surface area contributed by atoms with E-state index >= 15 is 0 Å². The quantitative estimate of drug-likeness (QED) is 0.582. The van der Waals surface area contributed by atoms with Gasteiger partial charge in [-0.1, -0.05) is 23.7 Å². The molecule has 1 aliphatic carbocycles. The Hall–Kier alpha value is -2.04. The Morgan fingerprint density at radius 2 is 1.76 bits per heavy atom. The van der Waals surface area contributed by atoms with Crippen LogP contribution in [0.15, 0.2) is 42.5 Å². The van der Waals surface area contributed by atoms with Crippen LogP contribution in [-0.2, 0) is 6.42 Å². The topological polar surface area (TPSA) is 41.6 Å². The van der Waals surface area contributed by atoms with E-state index < -0.39 is 0 Å². The van der Waals surface area contributed by atoms with E-state index in [4.69, 9.17) is 16.3 Å². The minimum Gasteiger partial charge on any atom is -0.493 e. The summed E-state index contributed by atoms with van der Waals surface area (Å²) in [4.78, 5) is 15.1. The van der Waals surface area contributed by atoms with Gasteiger partial charge in [-0.15, -0.1) is 0 Å². The first kappa shape index (κ1) is 22.7. The lowest BCUT2D eigenvalue weighted by Gasteiger charge is -2.35. The molecule has 2 aromatic carbocycles. The molecule has 0 bridgehead atoms. The normalized spacial score (nSPS) is 23.7. The zero-order valence-corrected chi connectivity index (χ0v) is 20.2. The minimum absolute atomic E-state index is 0.0219. The highest BCUT2D eigenvalue weighted by molar-refractivity contribution is 6.30. The molecule has 176 valence electrons. The standard InChI is InChI=1S/C28H35ClN2O2/c29-23-8-6-22(7-9-23)28(32)30-24-10-4-20(5-11-24)12-16-31-17-13-21(14-18-31)25-2-1-3-27-26(25)15-19-33-27/h1-3,6-9,20-21,24H,4-5,10-19H2,(H,30,32)/t20-,24-. The Morgan fingerprint density at radius 3 is 2.52 bits per heavy atom. The smallest absolute Gasteiger partial charge is 0.251 e. The van der Waals surface area contributed by atoms with Gasteiger partial charge in [0.25, 0.3) is 5.91 Å². The number of rotatable bonds is 6. The molecule has 0 aromatic heterocycles. The number of carbonyl (C=O) groups is 1. The summed E-state index contributed by atoms with van der Waals surface area (Å²) in [5.74, 6) is 2.63. The highest BCUT2D eigenvalue weighted by Crippen LogP contribution is 2.37. The van der Waals surface area contributed by atoms with Gasteiger partial charge in [0.1, 0.15) is 5.75 Å². The van der Waals surface area contributed by atoms with Crippen LogP contribution in [0.5, 0.6) is 5.75 Å². The second-order valence-corrected chi connectivity index (χ2v) is 10.5. The summed E-state index contributed by atoms with van der Waals surface area (Å²) in [6.07, 6.45) is 9.52. The maximum atomic E-state index is 12.5. The summed E-state index contributed by atoms with van der Waals surface area (Å²) in [7, 11) is 0. The van der Waals surface area contributed by atoms with Gasteiger partial charge in [0.05, 0.1) is 6.61 Å². The van der Waals surface area contributed by atoms with Gasteiger partial charge in [-0.2, -0.15) is 0 Å². The summed E-state index contributed by atoms with van der Waals surface area (Å²) in [5.41, 5.74) is 3.71. The van der Waals surface area contributed by atoms with Gasteiger partial charge in [-0.3, -0.25) is 4.79 Å². The van der Waals surface area contributed by atoms with Gasteiger partial charge < -0.3 is 15.0 Å². The van der Waals surface area contributed by atoms with Crippen LogP contribution in [0.3, 0.4) is 0 Å². The number of nitrogens with zero attached hydrogens (tertiary/aromatic N) is 1. The third kappa shape index (κ3) is 5.55. The number of hydrogen-bond donors (Lipinski definition) is 1. The van der Waals surface area contributed by atoms with Crippen molar-refractivity contribution in [1.29, 1.82) is 0 Å². The first-order valence-corrected chi connectivity index (χ1v) is 13.1. The van der Waals surface area contributed by atoms with E-state index in [0.29, 0.717) is 22.5 Å². The molecule has 0 atom stereocenters. The van der Waals surface area contributed by atoms with E-state index in [1.165, 1.54) is 57.3 Å². The van der Waals surface area contributed by atoms with E-state index in [0.717, 1.165) is 37.5 Å². The van der Waals surface area contributed by atoms with Crippen LogP contribution in [-0.4, -0.2) is 43.1 Å². The van der Waals surface area contributed by atoms with Gasteiger partial charge in [-0.25, -0.2) is 0 Å². The van der Waals surface area contributed by atoms with Crippen molar-refractivity contribution in [3.05, 3.63) is 64.2 Å². The zero-order chi connectivity index (χ0) is 22.6. The molecule has 33 heavy (non-hydrogen) atoms. The lowest BCUT2D eigenvalue weighted by molar-refractivity contribution is 0.0919. The zero-order valence-electron chi connectivity index (χ0n) is 19.4. The maximum absolute atomic E-state index is 12.5. The van der Waals surface area contributed by atoms with E-state index in [-0.39, 0.29) is 5.91 Å². The first-order chi connectivity index (χ1) is 16.2. The second-order valence-electron chi connectivity index (χ2n) is 10.0. The molecule has 3 aliphatic rings. The number of carbonyl (C=O) groups excluding carboxylic acids is 1. The molecule has 2 aromatic rings. The van der Waals surface area contributed by atoms with Crippen molar-refractivity contribution in [3.8, 4) is 5.75 Å². The Labute approximate surface area is 202 Å². The van der Waals surface area contributed by atoms with Crippen molar-refractivity contribution in [1.82, 2.24) is 10.2 Å². The summed E-state index contributed by atoms with van der Waals surface area (Å²) < 4.78 is 5.77. The molecular formula is C28H35ClN2O2. The third-order valence-electron chi connectivity index (χ3n) is 7.95. The average molecular weight is 467 g/mol. The molecular weight excluding hydrogens is 432 g/mol. The number of hydrogen-bond acceptors (Lipinski definition) is 3. The van der Waals surface area contributed by atoms with Crippen LogP contribution in [0.25, 0.3) is 0 Å². The van der Waals surface area contributed by atoms with Crippen LogP contribution in [0, 0.1) is 5.92 Å². The largest absolute Gasteiger partial charge is 0.493 e. The minimum atomic E-state index is 0.0219. The fourth-order valence-corrected chi connectivity index (χ4v) is 6.06. The molecule has 0 unspecified atom stereocenters. The SMILES string of the molecule is O=C(N[C@H]1CC[C@H](CCN2CCC(c3cccc4c3CCO4)CC2)CC1)c1ccc(Cl)cc1. The molecule has 1 amide bonds. The van der Waals surface area contributed by atoms with Gasteiger partial charge in [-0.05, 0) is 112 Å². The number of fused-ring (bicyclic) bond motifs is 1. The van der Waals surface area contributed by atoms with E-state index in [1.54, 1.807) is 29.8 Å². The van der Waals surface area contributed by atoms with Gasteiger partial charge in [0.15, 0.2) is 0 Å². The number of nitrogens with one attached hydrogen (secondary N) is 1. The summed E-state index contributed by atoms with van der Waals surface area (Å²) in [5, 5.41) is 3.88. The highest BCUT2D eigenvalue weighted by Gasteiger charge is 2.27. The van der Waals surface area contributed by atoms with Crippen molar-refractivity contribution in [2.45, 2.75) is 63.3 Å². The monoisotopic (exact) mass is 466 g/mol. The molecule has 1 saturated heterocycles. The maximum Gasteiger partial charge on any atom is 0.251 e. The Bertz CT molecular complexity index is 945. The van der Waals surface area contributed by atoms with Gasteiger partial charge in [0, 0.05) is 28.6 Å². The molecule has 5 rings (SSSR count). The predicted molar refractivity (Wildman–Crippen MR) is 133 cm³/mol. The van der Waals surface area contributed by atoms with Gasteiger partial charge >= 0.3 is 0 Å². The fourth-order valence-electron chi connectivity index (χ4n) is 5.93. The Morgan fingerprint density at radius 1 is 1.00 bits per heavy atom. The Balaban J connectivity index is 1.02. The first-order valence-electron chi connectivity index (χ1n) is 12.7. The molecule has 2 aliphatic heterocycles. The van der Waals surface area contributed by atoms with Crippen LogP contribution in [0.1, 0.15) is 72.3 Å². The molecule has 0 spiro atoms. The van der Waals surface area contributed by atoms with Crippen molar-refractivity contribution in [2.75, 3.05) is 26.2 Å². The molecule has 1 saturated carbocycles. The van der Waals surface area contributed by atoms with Gasteiger partial charge in [0.2, 0.25) is 0 Å². The van der Waals surface area contributed by atoms with Crippen molar-refractivity contribution < 1.29 is 9.53 Å². The lowest BCUT2D eigenvalue weighted by atomic mass is 9.83. The van der Waals surface area contributed by atoms with Crippen LogP contribution < -0.4 is 10.1 Å². The molecule has 4 nitrogen and oxygen atoms in total. The van der Waals surface area contributed by atoms with Crippen LogP contribution >= 0.6 is 11.6 Å². The fraction of sp³-hybridized carbons (Fsp3) is 0.536. The molecule has 2 fully saturated rings. The predicted octanol–water partition coefficient (Wildman–Crippen LogP) is 5.83. The molecule has 2 heterocycles. The lowest BCUT2D eigenvalue weighted by Crippen LogP contribution is -2.38. The average Bonchev–Trinajstić information content (AvgIpc) is 3.34. The molecule has 5 heteroatoms. The number of benzene rings is 2.